The van der Waals surface area contributed by atoms with E-state index in [0.717, 1.165) is 13.1 Å². The number of carbonyl (C=O) groups is 1. The van der Waals surface area contributed by atoms with Gasteiger partial charge >= 0.3 is 0 Å². The molecule has 1 saturated heterocycles. The zero-order valence-electron chi connectivity index (χ0n) is 14.8. The van der Waals surface area contributed by atoms with Crippen molar-refractivity contribution in [1.29, 1.82) is 0 Å². The van der Waals surface area contributed by atoms with Gasteiger partial charge in [0.2, 0.25) is 5.91 Å². The lowest BCUT2D eigenvalue weighted by molar-refractivity contribution is -0.130. The van der Waals surface area contributed by atoms with Crippen molar-refractivity contribution < 1.29 is 9.18 Å². The Hall–Kier alpha value is -2.73. The standard InChI is InChI=1S/C21H20FN3OS/c22-19-9-5-4-8-18(19)21-23-16(15-27-21)14-20(26)25-12-10-24(11-13-25)17-6-2-1-3-7-17/h1-9,15H,10-14H2. The van der Waals surface area contributed by atoms with Crippen LogP contribution in [0.5, 0.6) is 0 Å². The summed E-state index contributed by atoms with van der Waals surface area (Å²) in [7, 11) is 0. The van der Waals surface area contributed by atoms with E-state index in [1.807, 2.05) is 28.5 Å². The highest BCUT2D eigenvalue weighted by Gasteiger charge is 2.22. The number of aromatic nitrogens is 1. The molecule has 0 radical (unpaired) electrons. The fourth-order valence-electron chi connectivity index (χ4n) is 3.27. The molecule has 2 aromatic carbocycles. The van der Waals surface area contributed by atoms with Crippen LogP contribution >= 0.6 is 11.3 Å². The summed E-state index contributed by atoms with van der Waals surface area (Å²) in [6.45, 7) is 3.07. The molecule has 1 aliphatic rings. The van der Waals surface area contributed by atoms with E-state index in [-0.39, 0.29) is 18.1 Å². The topological polar surface area (TPSA) is 36.4 Å². The Bertz CT molecular complexity index is 920. The number of benzene rings is 2. The average Bonchev–Trinajstić information content (AvgIpc) is 3.17. The fraction of sp³-hybridized carbons (Fsp3) is 0.238. The number of para-hydroxylation sites is 1. The van der Waals surface area contributed by atoms with Gasteiger partial charge in [-0.2, -0.15) is 0 Å². The monoisotopic (exact) mass is 381 g/mol. The van der Waals surface area contributed by atoms with E-state index in [1.54, 1.807) is 18.2 Å². The van der Waals surface area contributed by atoms with Crippen molar-refractivity contribution in [1.82, 2.24) is 9.88 Å². The molecule has 1 aliphatic heterocycles. The van der Waals surface area contributed by atoms with Crippen molar-refractivity contribution in [3.8, 4) is 10.6 Å². The molecule has 1 fully saturated rings. The lowest BCUT2D eigenvalue weighted by Gasteiger charge is -2.36. The Kier molecular flexibility index (Phi) is 5.16. The molecular weight excluding hydrogens is 361 g/mol. The number of hydrogen-bond acceptors (Lipinski definition) is 4. The van der Waals surface area contributed by atoms with Gasteiger partial charge in [-0.15, -0.1) is 11.3 Å². The number of nitrogens with zero attached hydrogens (tertiary/aromatic N) is 3. The fourth-order valence-corrected chi connectivity index (χ4v) is 4.11. The average molecular weight is 381 g/mol. The number of amides is 1. The van der Waals surface area contributed by atoms with E-state index in [1.165, 1.54) is 23.1 Å². The van der Waals surface area contributed by atoms with Crippen molar-refractivity contribution >= 4 is 22.9 Å². The summed E-state index contributed by atoms with van der Waals surface area (Å²) in [4.78, 5) is 21.3. The maximum Gasteiger partial charge on any atom is 0.228 e. The molecule has 4 rings (SSSR count). The van der Waals surface area contributed by atoms with Crippen molar-refractivity contribution in [2.75, 3.05) is 31.1 Å². The largest absolute Gasteiger partial charge is 0.368 e. The van der Waals surface area contributed by atoms with Crippen LogP contribution in [0.15, 0.2) is 60.0 Å². The molecule has 0 aliphatic carbocycles. The minimum Gasteiger partial charge on any atom is -0.368 e. The van der Waals surface area contributed by atoms with E-state index in [9.17, 15) is 9.18 Å². The van der Waals surface area contributed by atoms with Gasteiger partial charge in [-0.05, 0) is 24.3 Å². The molecule has 6 heteroatoms. The van der Waals surface area contributed by atoms with E-state index in [2.05, 4.69) is 22.0 Å². The van der Waals surface area contributed by atoms with Crippen LogP contribution < -0.4 is 4.90 Å². The van der Waals surface area contributed by atoms with E-state index in [4.69, 9.17) is 0 Å². The summed E-state index contributed by atoms with van der Waals surface area (Å²) in [6.07, 6.45) is 0.260. The van der Waals surface area contributed by atoms with Gasteiger partial charge in [0.25, 0.3) is 0 Å². The summed E-state index contributed by atoms with van der Waals surface area (Å²) in [6, 6.07) is 16.8. The second kappa shape index (κ2) is 7.88. The lowest BCUT2D eigenvalue weighted by atomic mass is 10.2. The summed E-state index contributed by atoms with van der Waals surface area (Å²) >= 11 is 1.37. The molecule has 0 spiro atoms. The molecule has 0 atom stereocenters. The summed E-state index contributed by atoms with van der Waals surface area (Å²) in [5, 5.41) is 2.46. The molecular formula is C21H20FN3OS. The van der Waals surface area contributed by atoms with Gasteiger partial charge in [0.1, 0.15) is 10.8 Å². The molecule has 27 heavy (non-hydrogen) atoms. The van der Waals surface area contributed by atoms with Crippen LogP contribution in [0.1, 0.15) is 5.69 Å². The highest BCUT2D eigenvalue weighted by molar-refractivity contribution is 7.13. The van der Waals surface area contributed by atoms with Crippen molar-refractivity contribution in [2.45, 2.75) is 6.42 Å². The molecule has 138 valence electrons. The molecule has 1 amide bonds. The normalized spacial score (nSPS) is 14.4. The van der Waals surface area contributed by atoms with E-state index >= 15 is 0 Å². The van der Waals surface area contributed by atoms with Crippen molar-refractivity contribution in [2.24, 2.45) is 0 Å². The van der Waals surface area contributed by atoms with Crippen LogP contribution in [0, 0.1) is 5.82 Å². The van der Waals surface area contributed by atoms with Crippen molar-refractivity contribution in [3.05, 3.63) is 71.5 Å². The maximum absolute atomic E-state index is 13.9. The quantitative estimate of drug-likeness (QED) is 0.689. The number of piperazine rings is 1. The Morgan fingerprint density at radius 3 is 2.44 bits per heavy atom. The summed E-state index contributed by atoms with van der Waals surface area (Å²) in [5.41, 5.74) is 2.38. The van der Waals surface area contributed by atoms with Gasteiger partial charge in [0.05, 0.1) is 12.1 Å². The predicted octanol–water partition coefficient (Wildman–Crippen LogP) is 3.84. The van der Waals surface area contributed by atoms with Gasteiger partial charge in [0, 0.05) is 42.8 Å². The minimum absolute atomic E-state index is 0.0769. The van der Waals surface area contributed by atoms with Gasteiger partial charge < -0.3 is 9.80 Å². The van der Waals surface area contributed by atoms with Gasteiger partial charge in [-0.3, -0.25) is 4.79 Å². The van der Waals surface area contributed by atoms with E-state index in [0.29, 0.717) is 29.4 Å². The molecule has 0 unspecified atom stereocenters. The van der Waals surface area contributed by atoms with Crippen LogP contribution in [-0.2, 0) is 11.2 Å². The second-order valence-electron chi connectivity index (χ2n) is 6.50. The Balaban J connectivity index is 1.36. The molecule has 0 N–H and O–H groups in total. The maximum atomic E-state index is 13.9. The number of carbonyl (C=O) groups excluding carboxylic acids is 1. The number of thiazole rings is 1. The highest BCUT2D eigenvalue weighted by Crippen LogP contribution is 2.26. The molecule has 0 saturated carbocycles. The SMILES string of the molecule is O=C(Cc1csc(-c2ccccc2F)n1)N1CCN(c2ccccc2)CC1. The minimum atomic E-state index is -0.290. The van der Waals surface area contributed by atoms with E-state index < -0.39 is 0 Å². The highest BCUT2D eigenvalue weighted by atomic mass is 32.1. The van der Waals surface area contributed by atoms with Crippen LogP contribution in [-0.4, -0.2) is 42.0 Å². The zero-order chi connectivity index (χ0) is 18.6. The first kappa shape index (κ1) is 17.7. The third kappa shape index (κ3) is 4.01. The van der Waals surface area contributed by atoms with Gasteiger partial charge in [-0.1, -0.05) is 30.3 Å². The van der Waals surface area contributed by atoms with Crippen LogP contribution in [0.25, 0.3) is 10.6 Å². The zero-order valence-corrected chi connectivity index (χ0v) is 15.7. The molecule has 2 heterocycles. The first-order valence-electron chi connectivity index (χ1n) is 8.98. The molecule has 4 nitrogen and oxygen atoms in total. The smallest absolute Gasteiger partial charge is 0.228 e. The van der Waals surface area contributed by atoms with Gasteiger partial charge in [0.15, 0.2) is 0 Å². The lowest BCUT2D eigenvalue weighted by Crippen LogP contribution is -2.49. The Labute approximate surface area is 161 Å². The molecule has 0 bridgehead atoms. The Morgan fingerprint density at radius 2 is 1.70 bits per heavy atom. The third-order valence-corrected chi connectivity index (χ3v) is 5.67. The second-order valence-corrected chi connectivity index (χ2v) is 7.36. The molecule has 3 aromatic rings. The first-order valence-corrected chi connectivity index (χ1v) is 9.86. The third-order valence-electron chi connectivity index (χ3n) is 4.74. The summed E-state index contributed by atoms with van der Waals surface area (Å²) < 4.78 is 13.9. The number of halogens is 1. The number of rotatable bonds is 4. The van der Waals surface area contributed by atoms with Gasteiger partial charge in [-0.25, -0.2) is 9.37 Å². The first-order chi connectivity index (χ1) is 13.2. The number of anilines is 1. The Morgan fingerprint density at radius 1 is 1.00 bits per heavy atom. The van der Waals surface area contributed by atoms with Crippen LogP contribution in [0.4, 0.5) is 10.1 Å². The predicted molar refractivity (Wildman–Crippen MR) is 106 cm³/mol. The number of hydrogen-bond donors (Lipinski definition) is 0. The molecule has 1 aromatic heterocycles. The van der Waals surface area contributed by atoms with Crippen LogP contribution in [0.2, 0.25) is 0 Å². The summed E-state index contributed by atoms with van der Waals surface area (Å²) in [5.74, 6) is -0.213. The van der Waals surface area contributed by atoms with Crippen LogP contribution in [0.3, 0.4) is 0 Å². The van der Waals surface area contributed by atoms with Crippen molar-refractivity contribution in [3.63, 3.8) is 0 Å².